The first-order valence-corrected chi connectivity index (χ1v) is 5.46. The van der Waals surface area contributed by atoms with Crippen LogP contribution in [0.2, 0.25) is 0 Å². The van der Waals surface area contributed by atoms with Gasteiger partial charge < -0.3 is 14.7 Å². The van der Waals surface area contributed by atoms with E-state index < -0.39 is 6.09 Å². The van der Waals surface area contributed by atoms with Crippen LogP contribution in [0.25, 0.3) is 0 Å². The van der Waals surface area contributed by atoms with Gasteiger partial charge >= 0.3 is 6.09 Å². The number of carbonyl (C=O) groups is 1. The molecule has 0 saturated carbocycles. The maximum absolute atomic E-state index is 10.8. The van der Waals surface area contributed by atoms with E-state index in [4.69, 9.17) is 9.84 Å². The van der Waals surface area contributed by atoms with Gasteiger partial charge in [0.25, 0.3) is 0 Å². The zero-order chi connectivity index (χ0) is 10.8. The van der Waals surface area contributed by atoms with Gasteiger partial charge in [-0.2, -0.15) is 0 Å². The van der Waals surface area contributed by atoms with Crippen LogP contribution in [0.3, 0.4) is 0 Å². The van der Waals surface area contributed by atoms with Crippen LogP contribution in [-0.2, 0) is 4.74 Å². The molecule has 0 aliphatic carbocycles. The maximum atomic E-state index is 10.8. The van der Waals surface area contributed by atoms with Crippen LogP contribution in [0.15, 0.2) is 0 Å². The molecule has 15 heavy (non-hydrogen) atoms. The van der Waals surface area contributed by atoms with Crippen molar-refractivity contribution in [2.24, 2.45) is 0 Å². The second kappa shape index (κ2) is 4.37. The fourth-order valence-electron chi connectivity index (χ4n) is 2.39. The molecule has 5 nitrogen and oxygen atoms in total. The van der Waals surface area contributed by atoms with Gasteiger partial charge in [-0.25, -0.2) is 4.79 Å². The Morgan fingerprint density at radius 1 is 1.47 bits per heavy atom. The molecule has 2 aliphatic rings. The summed E-state index contributed by atoms with van der Waals surface area (Å²) in [4.78, 5) is 14.6. The molecule has 2 rings (SSSR count). The lowest BCUT2D eigenvalue weighted by Gasteiger charge is -2.29. The van der Waals surface area contributed by atoms with Gasteiger partial charge in [-0.1, -0.05) is 0 Å². The summed E-state index contributed by atoms with van der Waals surface area (Å²) >= 11 is 0. The topological polar surface area (TPSA) is 53.0 Å². The Morgan fingerprint density at radius 3 is 2.80 bits per heavy atom. The van der Waals surface area contributed by atoms with Gasteiger partial charge in [0.15, 0.2) is 0 Å². The SMILES string of the molecule is CN(C1CCOC1)[C@H]1CCN(C(=O)O)C1. The molecule has 0 bridgehead atoms. The highest BCUT2D eigenvalue weighted by molar-refractivity contribution is 5.65. The summed E-state index contributed by atoms with van der Waals surface area (Å²) in [6.07, 6.45) is 1.22. The summed E-state index contributed by atoms with van der Waals surface area (Å²) in [6, 6.07) is 0.844. The van der Waals surface area contributed by atoms with Crippen LogP contribution in [0.1, 0.15) is 12.8 Å². The number of ether oxygens (including phenoxy) is 1. The Kier molecular flexibility index (Phi) is 3.11. The summed E-state index contributed by atoms with van der Waals surface area (Å²) in [5, 5.41) is 8.86. The average Bonchev–Trinajstić information content (AvgIpc) is 2.88. The van der Waals surface area contributed by atoms with Crippen LogP contribution in [0.4, 0.5) is 4.79 Å². The van der Waals surface area contributed by atoms with Crippen molar-refractivity contribution in [2.45, 2.75) is 24.9 Å². The van der Waals surface area contributed by atoms with E-state index in [0.29, 0.717) is 25.2 Å². The van der Waals surface area contributed by atoms with E-state index in [-0.39, 0.29) is 0 Å². The smallest absolute Gasteiger partial charge is 0.407 e. The Labute approximate surface area is 89.6 Å². The molecule has 1 N–H and O–H groups in total. The van der Waals surface area contributed by atoms with E-state index in [0.717, 1.165) is 26.1 Å². The van der Waals surface area contributed by atoms with Gasteiger partial charge in [0.1, 0.15) is 0 Å². The number of nitrogens with zero attached hydrogens (tertiary/aromatic N) is 2. The molecule has 86 valence electrons. The van der Waals surface area contributed by atoms with Crippen molar-refractivity contribution < 1.29 is 14.6 Å². The van der Waals surface area contributed by atoms with Gasteiger partial charge in [-0.3, -0.25) is 4.90 Å². The third kappa shape index (κ3) is 2.23. The quantitative estimate of drug-likeness (QED) is 0.725. The van der Waals surface area contributed by atoms with E-state index in [9.17, 15) is 4.79 Å². The summed E-state index contributed by atoms with van der Waals surface area (Å²) < 4.78 is 5.34. The number of hydrogen-bond donors (Lipinski definition) is 1. The summed E-state index contributed by atoms with van der Waals surface area (Å²) in [6.45, 7) is 2.94. The number of likely N-dealkylation sites (N-methyl/N-ethyl adjacent to an activating group) is 1. The Hall–Kier alpha value is -0.810. The molecule has 0 spiro atoms. The van der Waals surface area contributed by atoms with Gasteiger partial charge in [0.2, 0.25) is 0 Å². The van der Waals surface area contributed by atoms with Gasteiger partial charge in [0.05, 0.1) is 6.61 Å². The third-order valence-electron chi connectivity index (χ3n) is 3.49. The van der Waals surface area contributed by atoms with Crippen LogP contribution in [0, 0.1) is 0 Å². The number of likely N-dealkylation sites (tertiary alicyclic amines) is 1. The van der Waals surface area contributed by atoms with Crippen LogP contribution in [-0.4, -0.2) is 66.4 Å². The van der Waals surface area contributed by atoms with Crippen LogP contribution < -0.4 is 0 Å². The number of rotatable bonds is 2. The molecule has 2 heterocycles. The first-order chi connectivity index (χ1) is 7.18. The molecule has 1 unspecified atom stereocenters. The van der Waals surface area contributed by atoms with Crippen molar-refractivity contribution in [3.05, 3.63) is 0 Å². The van der Waals surface area contributed by atoms with Crippen molar-refractivity contribution >= 4 is 6.09 Å². The number of carboxylic acid groups (broad SMARTS) is 1. The minimum absolute atomic E-state index is 0.368. The molecule has 0 aromatic carbocycles. The second-order valence-electron chi connectivity index (χ2n) is 4.35. The van der Waals surface area contributed by atoms with Crippen LogP contribution in [0.5, 0.6) is 0 Å². The molecular weight excluding hydrogens is 196 g/mol. The third-order valence-corrected chi connectivity index (χ3v) is 3.49. The minimum Gasteiger partial charge on any atom is -0.465 e. The normalized spacial score (nSPS) is 31.5. The number of amides is 1. The van der Waals surface area contributed by atoms with E-state index in [1.807, 2.05) is 0 Å². The molecule has 1 amide bonds. The minimum atomic E-state index is -0.798. The van der Waals surface area contributed by atoms with Gasteiger partial charge in [0, 0.05) is 31.8 Å². The highest BCUT2D eigenvalue weighted by Crippen LogP contribution is 2.20. The lowest BCUT2D eigenvalue weighted by atomic mass is 10.1. The molecule has 5 heteroatoms. The van der Waals surface area contributed by atoms with Crippen molar-refractivity contribution in [3.8, 4) is 0 Å². The predicted molar refractivity (Wildman–Crippen MR) is 55.0 cm³/mol. The first-order valence-electron chi connectivity index (χ1n) is 5.46. The monoisotopic (exact) mass is 214 g/mol. The lowest BCUT2D eigenvalue weighted by molar-refractivity contribution is 0.127. The van der Waals surface area contributed by atoms with E-state index >= 15 is 0 Å². The molecule has 2 saturated heterocycles. The van der Waals surface area contributed by atoms with Crippen molar-refractivity contribution in [2.75, 3.05) is 33.4 Å². The fraction of sp³-hybridized carbons (Fsp3) is 0.900. The Balaban J connectivity index is 1.86. The summed E-state index contributed by atoms with van der Waals surface area (Å²) in [5.74, 6) is 0. The Morgan fingerprint density at radius 2 is 2.27 bits per heavy atom. The van der Waals surface area contributed by atoms with E-state index in [1.54, 1.807) is 0 Å². The lowest BCUT2D eigenvalue weighted by Crippen LogP contribution is -2.42. The molecule has 0 radical (unpaired) electrons. The molecular formula is C10H18N2O3. The first kappa shape index (κ1) is 10.7. The predicted octanol–water partition coefficient (Wildman–Crippen LogP) is 0.459. The summed E-state index contributed by atoms with van der Waals surface area (Å²) in [7, 11) is 2.08. The maximum Gasteiger partial charge on any atom is 0.407 e. The summed E-state index contributed by atoms with van der Waals surface area (Å²) in [5.41, 5.74) is 0. The number of hydrogen-bond acceptors (Lipinski definition) is 3. The zero-order valence-corrected chi connectivity index (χ0v) is 9.06. The van der Waals surface area contributed by atoms with E-state index in [2.05, 4.69) is 11.9 Å². The molecule has 0 aromatic rings. The highest BCUT2D eigenvalue weighted by atomic mass is 16.5. The van der Waals surface area contributed by atoms with Crippen molar-refractivity contribution in [1.82, 2.24) is 9.80 Å². The average molecular weight is 214 g/mol. The van der Waals surface area contributed by atoms with Gasteiger partial charge in [-0.05, 0) is 19.9 Å². The Bertz CT molecular complexity index is 241. The fourth-order valence-corrected chi connectivity index (χ4v) is 2.39. The molecule has 2 fully saturated rings. The van der Waals surface area contributed by atoms with Crippen LogP contribution >= 0.6 is 0 Å². The zero-order valence-electron chi connectivity index (χ0n) is 9.06. The molecule has 0 aromatic heterocycles. The highest BCUT2D eigenvalue weighted by Gasteiger charge is 2.32. The standard InChI is InChI=1S/C10H18N2O3/c1-11(9-3-5-15-7-9)8-2-4-12(6-8)10(13)14/h8-9H,2-7H2,1H3,(H,13,14)/t8-,9?/m0/s1. The molecule has 2 atom stereocenters. The van der Waals surface area contributed by atoms with Crippen molar-refractivity contribution in [3.63, 3.8) is 0 Å². The molecule has 2 aliphatic heterocycles. The second-order valence-corrected chi connectivity index (χ2v) is 4.35. The van der Waals surface area contributed by atoms with Gasteiger partial charge in [-0.15, -0.1) is 0 Å². The van der Waals surface area contributed by atoms with E-state index in [1.165, 1.54) is 4.90 Å². The van der Waals surface area contributed by atoms with Crippen molar-refractivity contribution in [1.29, 1.82) is 0 Å². The largest absolute Gasteiger partial charge is 0.465 e.